The zero-order chi connectivity index (χ0) is 14.7. The van der Waals surface area contributed by atoms with Gasteiger partial charge in [-0.2, -0.15) is 8.78 Å². The summed E-state index contributed by atoms with van der Waals surface area (Å²) in [7, 11) is 0. The van der Waals surface area contributed by atoms with E-state index < -0.39 is 6.61 Å². The predicted molar refractivity (Wildman–Crippen MR) is 74.8 cm³/mol. The number of alkyl halides is 2. The first-order chi connectivity index (χ1) is 9.47. The van der Waals surface area contributed by atoms with E-state index in [9.17, 15) is 8.78 Å². The van der Waals surface area contributed by atoms with Crippen LogP contribution in [0.2, 0.25) is 0 Å². The summed E-state index contributed by atoms with van der Waals surface area (Å²) < 4.78 is 30.8. The minimum Gasteiger partial charge on any atom is -0.435 e. The van der Waals surface area contributed by atoms with Crippen LogP contribution in [0.4, 0.5) is 8.78 Å². The molecule has 0 fully saturated rings. The molecule has 1 atom stereocenters. The van der Waals surface area contributed by atoms with E-state index in [1.54, 1.807) is 12.1 Å². The molecule has 0 bridgehead atoms. The number of rotatable bonds is 5. The van der Waals surface area contributed by atoms with Crippen molar-refractivity contribution in [3.63, 3.8) is 0 Å². The predicted octanol–water partition coefficient (Wildman–Crippen LogP) is 4.01. The lowest BCUT2D eigenvalue weighted by molar-refractivity contribution is -0.0498. The molecule has 0 aliphatic rings. The number of hydrogen-bond donors (Lipinski definition) is 1. The van der Waals surface area contributed by atoms with Gasteiger partial charge in [0.15, 0.2) is 0 Å². The number of hydrogen-bond acceptors (Lipinski definition) is 2. The number of nitrogens with zero attached hydrogens (tertiary/aromatic N) is 1. The SMILES string of the molecule is Cc1ccc(C)n1NC(C)c1cccc(OC(F)F)c1. The zero-order valence-electron chi connectivity index (χ0n) is 11.7. The molecule has 5 heteroatoms. The van der Waals surface area contributed by atoms with E-state index in [0.717, 1.165) is 17.0 Å². The van der Waals surface area contributed by atoms with Crippen LogP contribution in [0.1, 0.15) is 29.9 Å². The second-order valence-electron chi connectivity index (χ2n) is 4.75. The molecule has 0 radical (unpaired) electrons. The maximum atomic E-state index is 12.2. The fraction of sp³-hybridized carbons (Fsp3) is 0.333. The molecular weight excluding hydrogens is 262 g/mol. The highest BCUT2D eigenvalue weighted by Crippen LogP contribution is 2.22. The summed E-state index contributed by atoms with van der Waals surface area (Å²) in [6, 6.07) is 10.7. The smallest absolute Gasteiger partial charge is 0.387 e. The van der Waals surface area contributed by atoms with Gasteiger partial charge in [-0.05, 0) is 50.6 Å². The van der Waals surface area contributed by atoms with Crippen molar-refractivity contribution in [2.45, 2.75) is 33.4 Å². The number of nitrogens with one attached hydrogen (secondary N) is 1. The van der Waals surface area contributed by atoms with Crippen LogP contribution in [0, 0.1) is 13.8 Å². The third-order valence-corrected chi connectivity index (χ3v) is 3.18. The number of halogens is 2. The molecule has 3 nitrogen and oxygen atoms in total. The molecule has 2 rings (SSSR count). The maximum Gasteiger partial charge on any atom is 0.387 e. The summed E-state index contributed by atoms with van der Waals surface area (Å²) in [5, 5.41) is 0. The maximum absolute atomic E-state index is 12.2. The van der Waals surface area contributed by atoms with Crippen molar-refractivity contribution in [2.24, 2.45) is 0 Å². The molecule has 0 saturated heterocycles. The first kappa shape index (κ1) is 14.4. The summed E-state index contributed by atoms with van der Waals surface area (Å²) in [4.78, 5) is 0. The molecule has 0 aliphatic carbocycles. The lowest BCUT2D eigenvalue weighted by Crippen LogP contribution is -2.21. The molecule has 1 unspecified atom stereocenters. The van der Waals surface area contributed by atoms with E-state index in [0.29, 0.717) is 0 Å². The van der Waals surface area contributed by atoms with Gasteiger partial charge in [0.2, 0.25) is 0 Å². The largest absolute Gasteiger partial charge is 0.435 e. The molecule has 0 spiro atoms. The summed E-state index contributed by atoms with van der Waals surface area (Å²) >= 11 is 0. The molecule has 0 aliphatic heterocycles. The average Bonchev–Trinajstić information content (AvgIpc) is 2.70. The van der Waals surface area contributed by atoms with Gasteiger partial charge < -0.3 is 10.2 Å². The van der Waals surface area contributed by atoms with Crippen molar-refractivity contribution in [3.05, 3.63) is 53.3 Å². The van der Waals surface area contributed by atoms with Crippen LogP contribution in [-0.2, 0) is 0 Å². The number of aryl methyl sites for hydroxylation is 2. The summed E-state index contributed by atoms with van der Waals surface area (Å²) in [6.07, 6.45) is 0. The van der Waals surface area contributed by atoms with Crippen LogP contribution in [0.3, 0.4) is 0 Å². The summed E-state index contributed by atoms with van der Waals surface area (Å²) in [5.74, 6) is 0.173. The molecule has 1 N–H and O–H groups in total. The second-order valence-corrected chi connectivity index (χ2v) is 4.75. The van der Waals surface area contributed by atoms with Gasteiger partial charge in [-0.15, -0.1) is 0 Å². The van der Waals surface area contributed by atoms with Crippen molar-refractivity contribution in [3.8, 4) is 5.75 Å². The molecule has 1 aromatic carbocycles. The Balaban J connectivity index is 2.15. The lowest BCUT2D eigenvalue weighted by Gasteiger charge is -2.20. The van der Waals surface area contributed by atoms with E-state index in [2.05, 4.69) is 10.2 Å². The van der Waals surface area contributed by atoms with Crippen LogP contribution in [0.5, 0.6) is 5.75 Å². The average molecular weight is 280 g/mol. The Morgan fingerprint density at radius 1 is 1.10 bits per heavy atom. The Bertz CT molecular complexity index is 562. The Kier molecular flexibility index (Phi) is 4.27. The molecule has 1 aromatic heterocycles. The topological polar surface area (TPSA) is 26.2 Å². The van der Waals surface area contributed by atoms with Crippen LogP contribution in [-0.4, -0.2) is 11.3 Å². The minimum atomic E-state index is -2.80. The standard InChI is InChI=1S/C15H18F2N2O/c1-10-7-8-11(2)19(10)18-12(3)13-5-4-6-14(9-13)20-15(16)17/h4-9,12,15,18H,1-3H3. The van der Waals surface area contributed by atoms with E-state index in [-0.39, 0.29) is 11.8 Å². The molecule has 0 amide bonds. The molecule has 108 valence electrons. The number of benzene rings is 1. The Hall–Kier alpha value is -2.04. The normalized spacial score (nSPS) is 12.5. The van der Waals surface area contributed by atoms with Crippen molar-refractivity contribution >= 4 is 0 Å². The van der Waals surface area contributed by atoms with Gasteiger partial charge in [-0.25, -0.2) is 0 Å². The van der Waals surface area contributed by atoms with Crippen LogP contribution in [0.25, 0.3) is 0 Å². The van der Waals surface area contributed by atoms with Crippen molar-refractivity contribution < 1.29 is 13.5 Å². The first-order valence-electron chi connectivity index (χ1n) is 6.43. The second kappa shape index (κ2) is 5.94. The lowest BCUT2D eigenvalue weighted by atomic mass is 10.1. The number of aromatic nitrogens is 1. The van der Waals surface area contributed by atoms with E-state index in [4.69, 9.17) is 0 Å². The van der Waals surface area contributed by atoms with Gasteiger partial charge in [0.25, 0.3) is 0 Å². The molecule has 2 aromatic rings. The first-order valence-corrected chi connectivity index (χ1v) is 6.43. The molecular formula is C15H18F2N2O. The quantitative estimate of drug-likeness (QED) is 0.895. The third-order valence-electron chi connectivity index (χ3n) is 3.18. The van der Waals surface area contributed by atoms with E-state index >= 15 is 0 Å². The Morgan fingerprint density at radius 2 is 1.75 bits per heavy atom. The van der Waals surface area contributed by atoms with Gasteiger partial charge >= 0.3 is 6.61 Å². The molecule has 0 saturated carbocycles. The van der Waals surface area contributed by atoms with E-state index in [1.165, 1.54) is 6.07 Å². The van der Waals surface area contributed by atoms with Gasteiger partial charge in [-0.3, -0.25) is 4.68 Å². The monoisotopic (exact) mass is 280 g/mol. The highest BCUT2D eigenvalue weighted by Gasteiger charge is 2.10. The van der Waals surface area contributed by atoms with Gasteiger partial charge in [0.05, 0.1) is 6.04 Å². The minimum absolute atomic E-state index is 0.0268. The van der Waals surface area contributed by atoms with Crippen molar-refractivity contribution in [2.75, 3.05) is 5.43 Å². The van der Waals surface area contributed by atoms with Gasteiger partial charge in [0, 0.05) is 11.4 Å². The van der Waals surface area contributed by atoms with Crippen molar-refractivity contribution in [1.82, 2.24) is 4.68 Å². The van der Waals surface area contributed by atoms with Crippen molar-refractivity contribution in [1.29, 1.82) is 0 Å². The van der Waals surface area contributed by atoms with Gasteiger partial charge in [0.1, 0.15) is 5.75 Å². The molecule has 20 heavy (non-hydrogen) atoms. The van der Waals surface area contributed by atoms with E-state index in [1.807, 2.05) is 43.6 Å². The van der Waals surface area contributed by atoms with Crippen LogP contribution >= 0.6 is 0 Å². The summed E-state index contributed by atoms with van der Waals surface area (Å²) in [6.45, 7) is 3.18. The van der Waals surface area contributed by atoms with Crippen LogP contribution < -0.4 is 10.2 Å². The van der Waals surface area contributed by atoms with Gasteiger partial charge in [-0.1, -0.05) is 12.1 Å². The third kappa shape index (κ3) is 3.29. The fourth-order valence-corrected chi connectivity index (χ4v) is 2.10. The Morgan fingerprint density at radius 3 is 2.35 bits per heavy atom. The van der Waals surface area contributed by atoms with Crippen LogP contribution in [0.15, 0.2) is 36.4 Å². The fourth-order valence-electron chi connectivity index (χ4n) is 2.10. The molecule has 1 heterocycles. The number of ether oxygens (including phenoxy) is 1. The summed E-state index contributed by atoms with van der Waals surface area (Å²) in [5.41, 5.74) is 6.40. The highest BCUT2D eigenvalue weighted by molar-refractivity contribution is 5.32. The highest BCUT2D eigenvalue weighted by atomic mass is 19.3. The zero-order valence-corrected chi connectivity index (χ0v) is 11.7. The Labute approximate surface area is 117 Å².